The number of carbonyl (C=O) groups is 3. The molecule has 0 N–H and O–H groups in total. The molecule has 1 aromatic heterocycles. The molecule has 0 aromatic carbocycles. The molecule has 1 unspecified atom stereocenters. The molecule has 3 aliphatic rings. The average molecular weight is 483 g/mol. The topological polar surface area (TPSA) is 83.1 Å². The van der Waals surface area contributed by atoms with Crippen molar-refractivity contribution in [2.45, 2.75) is 58.0 Å². The third-order valence-electron chi connectivity index (χ3n) is 7.33. The Morgan fingerprint density at radius 1 is 1.00 bits per heavy atom. The molecule has 1 aliphatic carbocycles. The summed E-state index contributed by atoms with van der Waals surface area (Å²) in [7, 11) is 0. The van der Waals surface area contributed by atoms with Gasteiger partial charge in [0, 0.05) is 45.3 Å². The number of aromatic nitrogens is 1. The summed E-state index contributed by atoms with van der Waals surface area (Å²) in [6, 6.07) is 5.91. The van der Waals surface area contributed by atoms with Crippen LogP contribution in [0.1, 0.15) is 51.9 Å². The number of unbranched alkanes of at least 4 members (excludes halogenated alkanes) is 3. The maximum Gasteiger partial charge on any atom is 0.306 e. The van der Waals surface area contributed by atoms with Crippen molar-refractivity contribution in [1.29, 1.82) is 0 Å². The summed E-state index contributed by atoms with van der Waals surface area (Å²) in [5.74, 6) is -0.0376. The third-order valence-corrected chi connectivity index (χ3v) is 7.33. The number of esters is 1. The van der Waals surface area contributed by atoms with E-state index in [-0.39, 0.29) is 36.2 Å². The minimum Gasteiger partial charge on any atom is -0.459 e. The molecule has 2 amide bonds. The van der Waals surface area contributed by atoms with E-state index < -0.39 is 6.10 Å². The molecule has 3 heterocycles. The molecule has 8 nitrogen and oxygen atoms in total. The SMILES string of the molecule is CCCCCCC(=O)OC(CN1CCN(c2ccccn2)CC1)CN1C(=O)[C@H]2CC=CC[C@H]2C1=O. The molecule has 0 bridgehead atoms. The summed E-state index contributed by atoms with van der Waals surface area (Å²) >= 11 is 0. The van der Waals surface area contributed by atoms with Gasteiger partial charge in [-0.1, -0.05) is 44.4 Å². The van der Waals surface area contributed by atoms with Gasteiger partial charge in [-0.3, -0.25) is 24.2 Å². The lowest BCUT2D eigenvalue weighted by molar-refractivity contribution is -0.155. The van der Waals surface area contributed by atoms with Gasteiger partial charge in [-0.25, -0.2) is 4.98 Å². The van der Waals surface area contributed by atoms with Crippen LogP contribution in [0.25, 0.3) is 0 Å². The number of amides is 2. The molecule has 2 saturated heterocycles. The van der Waals surface area contributed by atoms with Crippen LogP contribution in [0.15, 0.2) is 36.5 Å². The summed E-state index contributed by atoms with van der Waals surface area (Å²) in [5, 5.41) is 0. The predicted octanol–water partition coefficient (Wildman–Crippen LogP) is 3.04. The van der Waals surface area contributed by atoms with Crippen LogP contribution in [0.4, 0.5) is 5.82 Å². The van der Waals surface area contributed by atoms with Crippen LogP contribution >= 0.6 is 0 Å². The standard InChI is InChI=1S/C27H38N4O4/c1-2-3-4-5-13-25(32)35-21(20-31-26(33)22-10-6-7-11-23(22)27(31)34)19-29-15-17-30(18-16-29)24-12-8-9-14-28-24/h6-9,12,14,21-23H,2-5,10-11,13,15-20H2,1H3/t21?,22-,23+. The summed E-state index contributed by atoms with van der Waals surface area (Å²) in [6.45, 7) is 6.06. The second-order valence-corrected chi connectivity index (χ2v) is 9.84. The van der Waals surface area contributed by atoms with Gasteiger partial charge in [0.15, 0.2) is 0 Å². The Kier molecular flexibility index (Phi) is 8.90. The largest absolute Gasteiger partial charge is 0.459 e. The first-order valence-corrected chi connectivity index (χ1v) is 13.1. The number of hydrogen-bond donors (Lipinski definition) is 0. The van der Waals surface area contributed by atoms with E-state index in [1.54, 1.807) is 6.20 Å². The Bertz CT molecular complexity index is 872. The van der Waals surface area contributed by atoms with Crippen LogP contribution in [0.2, 0.25) is 0 Å². The smallest absolute Gasteiger partial charge is 0.306 e. The highest BCUT2D eigenvalue weighted by molar-refractivity contribution is 6.05. The fourth-order valence-electron chi connectivity index (χ4n) is 5.31. The number of ether oxygens (including phenoxy) is 1. The van der Waals surface area contributed by atoms with Gasteiger partial charge in [-0.15, -0.1) is 0 Å². The van der Waals surface area contributed by atoms with Gasteiger partial charge in [-0.05, 0) is 31.4 Å². The fraction of sp³-hybridized carbons (Fsp3) is 0.630. The summed E-state index contributed by atoms with van der Waals surface area (Å²) < 4.78 is 5.89. The number of pyridine rings is 1. The van der Waals surface area contributed by atoms with Crippen molar-refractivity contribution in [3.05, 3.63) is 36.5 Å². The Morgan fingerprint density at radius 2 is 1.71 bits per heavy atom. The number of rotatable bonds is 11. The fourth-order valence-corrected chi connectivity index (χ4v) is 5.31. The Morgan fingerprint density at radius 3 is 2.34 bits per heavy atom. The number of carbonyl (C=O) groups excluding carboxylic acids is 3. The Balaban J connectivity index is 1.36. The van der Waals surface area contributed by atoms with Crippen molar-refractivity contribution in [2.75, 3.05) is 44.2 Å². The minimum absolute atomic E-state index is 0.117. The number of anilines is 1. The maximum absolute atomic E-state index is 13.0. The molecule has 190 valence electrons. The number of fused-ring (bicyclic) bond motifs is 1. The number of piperazine rings is 1. The van der Waals surface area contributed by atoms with Crippen molar-refractivity contribution in [3.63, 3.8) is 0 Å². The van der Waals surface area contributed by atoms with E-state index in [0.717, 1.165) is 57.7 Å². The summed E-state index contributed by atoms with van der Waals surface area (Å²) in [4.78, 5) is 49.0. The summed E-state index contributed by atoms with van der Waals surface area (Å²) in [6.07, 6.45) is 10.9. The van der Waals surface area contributed by atoms with Gasteiger partial charge >= 0.3 is 5.97 Å². The van der Waals surface area contributed by atoms with E-state index >= 15 is 0 Å². The molecule has 3 atom stereocenters. The van der Waals surface area contributed by atoms with Crippen LogP contribution < -0.4 is 4.90 Å². The molecule has 1 aromatic rings. The normalized spacial score (nSPS) is 23.5. The molecule has 0 saturated carbocycles. The van der Waals surface area contributed by atoms with Gasteiger partial charge in [0.2, 0.25) is 11.8 Å². The number of imide groups is 1. The predicted molar refractivity (Wildman–Crippen MR) is 134 cm³/mol. The van der Waals surface area contributed by atoms with E-state index in [4.69, 9.17) is 4.74 Å². The van der Waals surface area contributed by atoms with Gasteiger partial charge in [0.25, 0.3) is 0 Å². The lowest BCUT2D eigenvalue weighted by Gasteiger charge is -2.37. The average Bonchev–Trinajstić information content (AvgIpc) is 3.12. The highest BCUT2D eigenvalue weighted by atomic mass is 16.5. The minimum atomic E-state index is -0.518. The zero-order chi connectivity index (χ0) is 24.6. The highest BCUT2D eigenvalue weighted by Crippen LogP contribution is 2.35. The van der Waals surface area contributed by atoms with E-state index in [2.05, 4.69) is 21.7 Å². The molecule has 35 heavy (non-hydrogen) atoms. The van der Waals surface area contributed by atoms with E-state index in [1.807, 2.05) is 30.4 Å². The molecule has 8 heteroatoms. The first kappa shape index (κ1) is 25.4. The van der Waals surface area contributed by atoms with E-state index in [0.29, 0.717) is 25.8 Å². The van der Waals surface area contributed by atoms with Crippen LogP contribution in [-0.4, -0.2) is 77.9 Å². The van der Waals surface area contributed by atoms with Crippen LogP contribution in [0.3, 0.4) is 0 Å². The van der Waals surface area contributed by atoms with Gasteiger partial charge in [0.05, 0.1) is 18.4 Å². The van der Waals surface area contributed by atoms with Crippen LogP contribution in [0.5, 0.6) is 0 Å². The molecule has 4 rings (SSSR count). The first-order valence-electron chi connectivity index (χ1n) is 13.1. The number of nitrogens with zero attached hydrogens (tertiary/aromatic N) is 4. The van der Waals surface area contributed by atoms with Crippen molar-refractivity contribution >= 4 is 23.6 Å². The molecule has 0 radical (unpaired) electrons. The second-order valence-electron chi connectivity index (χ2n) is 9.84. The van der Waals surface area contributed by atoms with Crippen LogP contribution in [0, 0.1) is 11.8 Å². The van der Waals surface area contributed by atoms with E-state index in [9.17, 15) is 14.4 Å². The van der Waals surface area contributed by atoms with Crippen molar-refractivity contribution in [2.24, 2.45) is 11.8 Å². The van der Waals surface area contributed by atoms with Gasteiger partial charge < -0.3 is 9.64 Å². The maximum atomic E-state index is 13.0. The summed E-state index contributed by atoms with van der Waals surface area (Å²) in [5.41, 5.74) is 0. The number of allylic oxidation sites excluding steroid dienone is 2. The Hall–Kier alpha value is -2.74. The van der Waals surface area contributed by atoms with Crippen molar-refractivity contribution < 1.29 is 19.1 Å². The lowest BCUT2D eigenvalue weighted by atomic mass is 9.85. The first-order chi connectivity index (χ1) is 17.1. The van der Waals surface area contributed by atoms with E-state index in [1.165, 1.54) is 4.90 Å². The molecule has 0 spiro atoms. The second kappa shape index (κ2) is 12.3. The zero-order valence-electron chi connectivity index (χ0n) is 20.8. The third kappa shape index (κ3) is 6.48. The molecular formula is C27H38N4O4. The number of likely N-dealkylation sites (tertiary alicyclic amines) is 1. The molecule has 2 aliphatic heterocycles. The highest BCUT2D eigenvalue weighted by Gasteiger charge is 2.48. The van der Waals surface area contributed by atoms with Crippen LogP contribution in [-0.2, 0) is 19.1 Å². The van der Waals surface area contributed by atoms with Gasteiger partial charge in [-0.2, -0.15) is 0 Å². The zero-order valence-corrected chi connectivity index (χ0v) is 20.8. The van der Waals surface area contributed by atoms with Crippen molar-refractivity contribution in [3.8, 4) is 0 Å². The number of hydrogen-bond acceptors (Lipinski definition) is 7. The quantitative estimate of drug-likeness (QED) is 0.207. The molecular weight excluding hydrogens is 444 g/mol. The van der Waals surface area contributed by atoms with Gasteiger partial charge in [0.1, 0.15) is 11.9 Å². The Labute approximate surface area is 208 Å². The molecule has 2 fully saturated rings. The van der Waals surface area contributed by atoms with Crippen molar-refractivity contribution in [1.82, 2.24) is 14.8 Å². The monoisotopic (exact) mass is 482 g/mol. The lowest BCUT2D eigenvalue weighted by Crippen LogP contribution is -2.51.